The Bertz CT molecular complexity index is 358. The second-order valence-electron chi connectivity index (χ2n) is 4.62. The molecule has 0 aromatic heterocycles. The van der Waals surface area contributed by atoms with Crippen molar-refractivity contribution in [3.63, 3.8) is 0 Å². The van der Waals surface area contributed by atoms with E-state index in [1.807, 2.05) is 39.0 Å². The number of hydrogen-bond donors (Lipinski definition) is 1. The summed E-state index contributed by atoms with van der Waals surface area (Å²) in [7, 11) is 0. The fourth-order valence-corrected chi connectivity index (χ4v) is 2.03. The molecule has 82 valence electrons. The lowest BCUT2D eigenvalue weighted by atomic mass is 9.84. The first-order valence-electron chi connectivity index (χ1n) is 5.33. The van der Waals surface area contributed by atoms with Crippen LogP contribution in [-0.2, 0) is 5.60 Å². The van der Waals surface area contributed by atoms with Gasteiger partial charge >= 0.3 is 0 Å². The summed E-state index contributed by atoms with van der Waals surface area (Å²) >= 11 is 0. The lowest BCUT2D eigenvalue weighted by Crippen LogP contribution is -2.20. The molecule has 1 unspecified atom stereocenters. The Hall–Kier alpha value is -1.08. The molecule has 1 nitrogen and oxygen atoms in total. The molecule has 0 fully saturated rings. The fraction of sp³-hybridized carbons (Fsp3) is 0.429. The van der Waals surface area contributed by atoms with E-state index in [4.69, 9.17) is 0 Å². The van der Waals surface area contributed by atoms with Gasteiger partial charge in [0.1, 0.15) is 0 Å². The summed E-state index contributed by atoms with van der Waals surface area (Å²) in [5, 5.41) is 10.2. The Morgan fingerprint density at radius 2 is 2.00 bits per heavy atom. The van der Waals surface area contributed by atoms with Crippen LogP contribution in [0.5, 0.6) is 0 Å². The molecule has 1 N–H and O–H groups in total. The van der Waals surface area contributed by atoms with Crippen LogP contribution in [0.2, 0.25) is 0 Å². The molecule has 0 aliphatic carbocycles. The second kappa shape index (κ2) is 4.19. The SMILES string of the molecule is C=CC(C)c1cccc(C)c1C(C)(C)O. The van der Waals surface area contributed by atoms with Crippen molar-refractivity contribution >= 4 is 0 Å². The van der Waals surface area contributed by atoms with Gasteiger partial charge in [0.15, 0.2) is 0 Å². The van der Waals surface area contributed by atoms with Crippen LogP contribution in [0.4, 0.5) is 0 Å². The third-order valence-electron chi connectivity index (χ3n) is 2.76. The number of benzene rings is 1. The zero-order chi connectivity index (χ0) is 11.6. The Labute approximate surface area is 92.5 Å². The first kappa shape index (κ1) is 12.0. The molecule has 1 atom stereocenters. The zero-order valence-corrected chi connectivity index (χ0v) is 10.0. The van der Waals surface area contributed by atoms with Crippen LogP contribution < -0.4 is 0 Å². The van der Waals surface area contributed by atoms with Crippen molar-refractivity contribution in [2.45, 2.75) is 39.2 Å². The number of hydrogen-bond acceptors (Lipinski definition) is 1. The third kappa shape index (κ3) is 2.48. The normalized spacial score (nSPS) is 13.7. The van der Waals surface area contributed by atoms with E-state index in [1.54, 1.807) is 0 Å². The van der Waals surface area contributed by atoms with Gasteiger partial charge in [-0.05, 0) is 43.4 Å². The van der Waals surface area contributed by atoms with Crippen LogP contribution in [-0.4, -0.2) is 5.11 Å². The molecular formula is C14H20O. The van der Waals surface area contributed by atoms with Gasteiger partial charge in [0.2, 0.25) is 0 Å². The van der Waals surface area contributed by atoms with Gasteiger partial charge in [-0.2, -0.15) is 0 Å². The maximum atomic E-state index is 10.2. The maximum absolute atomic E-state index is 10.2. The highest BCUT2D eigenvalue weighted by molar-refractivity contribution is 5.41. The lowest BCUT2D eigenvalue weighted by Gasteiger charge is -2.26. The molecule has 1 rings (SSSR count). The van der Waals surface area contributed by atoms with Crippen LogP contribution in [0.3, 0.4) is 0 Å². The first-order chi connectivity index (χ1) is 6.88. The van der Waals surface area contributed by atoms with Crippen molar-refractivity contribution in [2.75, 3.05) is 0 Å². The molecule has 0 amide bonds. The zero-order valence-electron chi connectivity index (χ0n) is 10.0. The van der Waals surface area contributed by atoms with E-state index in [9.17, 15) is 5.11 Å². The molecule has 15 heavy (non-hydrogen) atoms. The van der Waals surface area contributed by atoms with Crippen molar-refractivity contribution in [1.82, 2.24) is 0 Å². The molecule has 0 aliphatic heterocycles. The Morgan fingerprint density at radius 3 is 2.47 bits per heavy atom. The number of rotatable bonds is 3. The van der Waals surface area contributed by atoms with Gasteiger partial charge in [0.05, 0.1) is 5.60 Å². The molecule has 0 saturated carbocycles. The van der Waals surface area contributed by atoms with E-state index in [0.29, 0.717) is 0 Å². The van der Waals surface area contributed by atoms with Crippen molar-refractivity contribution < 1.29 is 5.11 Å². The van der Waals surface area contributed by atoms with Crippen molar-refractivity contribution in [1.29, 1.82) is 0 Å². The second-order valence-corrected chi connectivity index (χ2v) is 4.62. The van der Waals surface area contributed by atoms with Crippen molar-refractivity contribution in [3.8, 4) is 0 Å². The van der Waals surface area contributed by atoms with Crippen LogP contribution in [0, 0.1) is 6.92 Å². The molecule has 0 radical (unpaired) electrons. The molecule has 0 saturated heterocycles. The van der Waals surface area contributed by atoms with Crippen LogP contribution in [0.1, 0.15) is 43.4 Å². The van der Waals surface area contributed by atoms with Gasteiger partial charge in [-0.1, -0.05) is 31.2 Å². The Balaban J connectivity index is 3.39. The van der Waals surface area contributed by atoms with E-state index in [2.05, 4.69) is 19.6 Å². The summed E-state index contributed by atoms with van der Waals surface area (Å²) in [4.78, 5) is 0. The average molecular weight is 204 g/mol. The van der Waals surface area contributed by atoms with Crippen molar-refractivity contribution in [3.05, 3.63) is 47.5 Å². The quantitative estimate of drug-likeness (QED) is 0.747. The first-order valence-corrected chi connectivity index (χ1v) is 5.33. The number of aliphatic hydroxyl groups is 1. The highest BCUT2D eigenvalue weighted by atomic mass is 16.3. The summed E-state index contributed by atoms with van der Waals surface area (Å²) in [5.41, 5.74) is 2.53. The Kier molecular flexibility index (Phi) is 3.35. The minimum Gasteiger partial charge on any atom is -0.386 e. The minimum atomic E-state index is -0.794. The molecule has 1 heteroatoms. The van der Waals surface area contributed by atoms with E-state index in [-0.39, 0.29) is 5.92 Å². The van der Waals surface area contributed by atoms with E-state index < -0.39 is 5.60 Å². The number of allylic oxidation sites excluding steroid dienone is 1. The average Bonchev–Trinajstić information content (AvgIpc) is 2.14. The summed E-state index contributed by atoms with van der Waals surface area (Å²) in [6, 6.07) is 6.12. The van der Waals surface area contributed by atoms with Crippen molar-refractivity contribution in [2.24, 2.45) is 0 Å². The summed E-state index contributed by atoms with van der Waals surface area (Å²) in [6.45, 7) is 11.6. The van der Waals surface area contributed by atoms with Gasteiger partial charge in [0.25, 0.3) is 0 Å². The smallest absolute Gasteiger partial charge is 0.0845 e. The summed E-state index contributed by atoms with van der Waals surface area (Å²) in [5.74, 6) is 0.270. The van der Waals surface area contributed by atoms with Gasteiger partial charge in [-0.3, -0.25) is 0 Å². The number of aryl methyl sites for hydroxylation is 1. The van der Waals surface area contributed by atoms with E-state index >= 15 is 0 Å². The molecule has 0 aliphatic rings. The van der Waals surface area contributed by atoms with Crippen LogP contribution in [0.25, 0.3) is 0 Å². The highest BCUT2D eigenvalue weighted by Crippen LogP contribution is 2.31. The lowest BCUT2D eigenvalue weighted by molar-refractivity contribution is 0.0768. The summed E-state index contributed by atoms with van der Waals surface area (Å²) in [6.07, 6.45) is 1.91. The van der Waals surface area contributed by atoms with Crippen LogP contribution in [0.15, 0.2) is 30.9 Å². The monoisotopic (exact) mass is 204 g/mol. The van der Waals surface area contributed by atoms with E-state index in [0.717, 1.165) is 16.7 Å². The van der Waals surface area contributed by atoms with Crippen LogP contribution >= 0.6 is 0 Å². The predicted molar refractivity (Wildman–Crippen MR) is 65.0 cm³/mol. The van der Waals surface area contributed by atoms with Gasteiger partial charge in [-0.25, -0.2) is 0 Å². The minimum absolute atomic E-state index is 0.270. The highest BCUT2D eigenvalue weighted by Gasteiger charge is 2.23. The van der Waals surface area contributed by atoms with Gasteiger partial charge < -0.3 is 5.11 Å². The molecule has 0 bridgehead atoms. The fourth-order valence-electron chi connectivity index (χ4n) is 2.03. The Morgan fingerprint density at radius 1 is 1.40 bits per heavy atom. The predicted octanol–water partition coefficient (Wildman–Crippen LogP) is 3.51. The van der Waals surface area contributed by atoms with Gasteiger partial charge in [-0.15, -0.1) is 6.58 Å². The molecule has 1 aromatic carbocycles. The van der Waals surface area contributed by atoms with Gasteiger partial charge in [0, 0.05) is 0 Å². The third-order valence-corrected chi connectivity index (χ3v) is 2.76. The molecule has 0 heterocycles. The maximum Gasteiger partial charge on any atom is 0.0845 e. The largest absolute Gasteiger partial charge is 0.386 e. The molecule has 0 spiro atoms. The summed E-state index contributed by atoms with van der Waals surface area (Å²) < 4.78 is 0. The standard InChI is InChI=1S/C14H20O/c1-6-10(2)12-9-7-8-11(3)13(12)14(4,5)15/h6-10,15H,1H2,2-5H3. The van der Waals surface area contributed by atoms with E-state index in [1.165, 1.54) is 0 Å². The molecular weight excluding hydrogens is 184 g/mol. The topological polar surface area (TPSA) is 20.2 Å². The molecule has 1 aromatic rings.